The first kappa shape index (κ1) is 37.9. The molecule has 3 aliphatic rings. The number of amides is 2. The Hall–Kier alpha value is -3.36. The van der Waals surface area contributed by atoms with E-state index < -0.39 is 74.1 Å². The Balaban J connectivity index is 1.47. The first-order chi connectivity index (χ1) is 23.6. The number of nitrogens with zero attached hydrogens (tertiary/aromatic N) is 4. The van der Waals surface area contributed by atoms with Gasteiger partial charge in [0, 0.05) is 61.4 Å². The molecule has 0 bridgehead atoms. The lowest BCUT2D eigenvalue weighted by Crippen LogP contribution is -2.60. The summed E-state index contributed by atoms with van der Waals surface area (Å²) in [4.78, 5) is 41.1. The first-order valence-electron chi connectivity index (χ1n) is 16.7. The van der Waals surface area contributed by atoms with Crippen LogP contribution in [0.25, 0.3) is 0 Å². The van der Waals surface area contributed by atoms with Crippen LogP contribution in [-0.4, -0.2) is 124 Å². The van der Waals surface area contributed by atoms with Gasteiger partial charge in [-0.2, -0.15) is 0 Å². The molecule has 5 rings (SSSR count). The van der Waals surface area contributed by atoms with Gasteiger partial charge in [0.15, 0.2) is 18.0 Å². The summed E-state index contributed by atoms with van der Waals surface area (Å²) < 4.78 is 34.4. The van der Waals surface area contributed by atoms with Gasteiger partial charge in [-0.15, -0.1) is 5.10 Å². The summed E-state index contributed by atoms with van der Waals surface area (Å²) in [5.41, 5.74) is -0.596. The van der Waals surface area contributed by atoms with Crippen LogP contribution in [-0.2, 0) is 47.2 Å². The SMILES string of the molecule is COC(=O)CCCCN1C(=O)[C@@]2(O[C@@H](CCn3cc(CCO)nn3)[C@H]([Si](C)(C)F)[C@H]2C)c2cc(NC(=O)[C@H]3O[C@@H](O)[C@H](O)[C@@H](O)[C@@H]3O)ccc21. The normalized spacial score (nSPS) is 30.9. The predicted molar refractivity (Wildman–Crippen MR) is 176 cm³/mol. The van der Waals surface area contributed by atoms with Crippen molar-refractivity contribution in [3.63, 3.8) is 0 Å². The number of unbranched alkanes of at least 4 members (excludes halogenated alkanes) is 1. The smallest absolute Gasteiger partial charge is 0.305 e. The van der Waals surface area contributed by atoms with E-state index in [1.54, 1.807) is 47.9 Å². The summed E-state index contributed by atoms with van der Waals surface area (Å²) in [7, 11) is -2.21. The lowest BCUT2D eigenvalue weighted by Gasteiger charge is -2.37. The van der Waals surface area contributed by atoms with Crippen LogP contribution in [0, 0.1) is 5.92 Å². The molecule has 9 atom stereocenters. The maximum absolute atomic E-state index is 16.3. The number of nitrogens with one attached hydrogen (secondary N) is 1. The Morgan fingerprint density at radius 2 is 1.86 bits per heavy atom. The minimum Gasteiger partial charge on any atom is -0.469 e. The van der Waals surface area contributed by atoms with Crippen LogP contribution >= 0.6 is 0 Å². The molecular formula is C32H46FN5O11Si. The van der Waals surface area contributed by atoms with Gasteiger partial charge in [-0.05, 0) is 50.6 Å². The van der Waals surface area contributed by atoms with Gasteiger partial charge in [0.25, 0.3) is 11.8 Å². The highest BCUT2D eigenvalue weighted by Gasteiger charge is 2.66. The number of hydrogen-bond donors (Lipinski definition) is 6. The second kappa shape index (κ2) is 15.1. The van der Waals surface area contributed by atoms with Gasteiger partial charge in [-0.1, -0.05) is 12.1 Å². The number of benzene rings is 1. The maximum atomic E-state index is 16.3. The number of ether oxygens (including phenoxy) is 3. The molecule has 0 radical (unpaired) electrons. The molecule has 0 aliphatic carbocycles. The minimum atomic E-state index is -3.51. The summed E-state index contributed by atoms with van der Waals surface area (Å²) in [6.07, 6.45) is -6.47. The Morgan fingerprint density at radius 3 is 2.54 bits per heavy atom. The van der Waals surface area contributed by atoms with Crippen molar-refractivity contribution in [3.05, 3.63) is 35.7 Å². The van der Waals surface area contributed by atoms with Crippen molar-refractivity contribution in [2.24, 2.45) is 5.92 Å². The van der Waals surface area contributed by atoms with E-state index in [9.17, 15) is 39.9 Å². The molecule has 1 spiro atoms. The average molecular weight is 724 g/mol. The topological polar surface area (TPSA) is 226 Å². The zero-order chi connectivity index (χ0) is 36.5. The van der Waals surface area contributed by atoms with E-state index in [0.717, 1.165) is 0 Å². The van der Waals surface area contributed by atoms with Crippen molar-refractivity contribution >= 4 is 37.6 Å². The molecule has 1 aromatic heterocycles. The lowest BCUT2D eigenvalue weighted by atomic mass is 9.82. The summed E-state index contributed by atoms with van der Waals surface area (Å²) in [5, 5.41) is 60.2. The highest BCUT2D eigenvalue weighted by atomic mass is 28.4. The molecule has 18 heteroatoms. The second-order valence-corrected chi connectivity index (χ2v) is 17.4. The number of aromatic nitrogens is 3. The summed E-state index contributed by atoms with van der Waals surface area (Å²) in [5.74, 6) is -2.35. The third kappa shape index (κ3) is 7.20. The number of aliphatic hydroxyl groups is 5. The Labute approximate surface area is 289 Å². The number of methoxy groups -OCH3 is 1. The van der Waals surface area contributed by atoms with Crippen molar-refractivity contribution in [2.45, 2.75) is 107 Å². The molecule has 276 valence electrons. The fourth-order valence-corrected chi connectivity index (χ4v) is 10.0. The van der Waals surface area contributed by atoms with Gasteiger partial charge in [-0.25, -0.2) is 0 Å². The second-order valence-electron chi connectivity index (χ2n) is 13.6. The van der Waals surface area contributed by atoms with E-state index >= 15 is 4.11 Å². The number of esters is 1. The van der Waals surface area contributed by atoms with E-state index in [4.69, 9.17) is 14.2 Å². The van der Waals surface area contributed by atoms with E-state index in [0.29, 0.717) is 49.2 Å². The molecule has 0 saturated carbocycles. The Bertz CT molecular complexity index is 1560. The molecule has 4 heterocycles. The number of aryl methyl sites for hydroxylation is 1. The van der Waals surface area contributed by atoms with Crippen molar-refractivity contribution in [2.75, 3.05) is 30.5 Å². The van der Waals surface area contributed by atoms with Crippen LogP contribution < -0.4 is 10.2 Å². The molecule has 0 unspecified atom stereocenters. The Morgan fingerprint density at radius 1 is 1.12 bits per heavy atom. The van der Waals surface area contributed by atoms with E-state index in [-0.39, 0.29) is 31.2 Å². The number of aliphatic hydroxyl groups excluding tert-OH is 5. The summed E-state index contributed by atoms with van der Waals surface area (Å²) in [6.45, 7) is 5.41. The average Bonchev–Trinajstić information content (AvgIpc) is 3.72. The highest BCUT2D eigenvalue weighted by molar-refractivity contribution is 6.72. The highest BCUT2D eigenvalue weighted by Crippen LogP contribution is 2.60. The summed E-state index contributed by atoms with van der Waals surface area (Å²) >= 11 is 0. The number of carbonyl (C=O) groups is 3. The van der Waals surface area contributed by atoms with Crippen molar-refractivity contribution in [3.8, 4) is 0 Å². The standard InChI is InChI=1S/C32H46FN5O11Si/c1-17-28(50(3,4)33)22(10-13-37-16-19(11-14-39)35-36-37)49-32(17)20-15-18(34-29(44)27-25(42)24(41)26(43)30(45)48-27)8-9-21(20)38(31(32)46)12-6-5-7-23(40)47-2/h8-9,15-17,22,24-28,30,39,41-43,45H,5-7,10-14H2,1-4H3,(H,34,44)/t17-,22+,24+,25+,26-,27+,28-,30-,32+/m1/s1. The Kier molecular flexibility index (Phi) is 11.4. The number of fused-ring (bicyclic) bond motifs is 2. The van der Waals surface area contributed by atoms with Crippen LogP contribution in [0.15, 0.2) is 24.4 Å². The number of carbonyl (C=O) groups excluding carboxylic acids is 3. The number of anilines is 2. The molecule has 50 heavy (non-hydrogen) atoms. The third-order valence-corrected chi connectivity index (χ3v) is 12.4. The van der Waals surface area contributed by atoms with Crippen LogP contribution in [0.2, 0.25) is 18.6 Å². The molecule has 3 aliphatic heterocycles. The van der Waals surface area contributed by atoms with Gasteiger partial charge < -0.3 is 54.1 Å². The summed E-state index contributed by atoms with van der Waals surface area (Å²) in [6, 6.07) is 4.70. The van der Waals surface area contributed by atoms with Crippen molar-refractivity contribution in [1.82, 2.24) is 15.0 Å². The molecule has 6 N–H and O–H groups in total. The van der Waals surface area contributed by atoms with E-state index in [1.165, 1.54) is 13.2 Å². The number of rotatable bonds is 13. The monoisotopic (exact) mass is 723 g/mol. The predicted octanol–water partition coefficient (Wildman–Crippen LogP) is 0.107. The van der Waals surface area contributed by atoms with E-state index in [2.05, 4.69) is 15.6 Å². The molecule has 2 saturated heterocycles. The van der Waals surface area contributed by atoms with Crippen LogP contribution in [0.3, 0.4) is 0 Å². The van der Waals surface area contributed by atoms with Gasteiger partial charge >= 0.3 is 5.97 Å². The first-order valence-corrected chi connectivity index (χ1v) is 19.7. The molecular weight excluding hydrogens is 677 g/mol. The third-order valence-electron chi connectivity index (χ3n) is 9.91. The van der Waals surface area contributed by atoms with Gasteiger partial charge in [0.05, 0.1) is 24.6 Å². The van der Waals surface area contributed by atoms with E-state index in [1.807, 2.05) is 0 Å². The van der Waals surface area contributed by atoms with Crippen molar-refractivity contribution < 1.29 is 58.2 Å². The zero-order valence-electron chi connectivity index (χ0n) is 28.4. The fraction of sp³-hybridized carbons (Fsp3) is 0.656. The van der Waals surface area contributed by atoms with Crippen LogP contribution in [0.1, 0.15) is 43.9 Å². The zero-order valence-corrected chi connectivity index (χ0v) is 29.4. The quantitative estimate of drug-likeness (QED) is 0.0699. The van der Waals surface area contributed by atoms with Crippen LogP contribution in [0.5, 0.6) is 0 Å². The molecule has 16 nitrogen and oxygen atoms in total. The fourth-order valence-electron chi connectivity index (χ4n) is 7.49. The van der Waals surface area contributed by atoms with Gasteiger partial charge in [0.1, 0.15) is 18.3 Å². The molecule has 2 amide bonds. The van der Waals surface area contributed by atoms with Crippen molar-refractivity contribution in [1.29, 1.82) is 0 Å². The van der Waals surface area contributed by atoms with Gasteiger partial charge in [0.2, 0.25) is 8.41 Å². The molecule has 1 aromatic carbocycles. The number of hydrogen-bond acceptors (Lipinski definition) is 13. The molecule has 2 fully saturated rings. The van der Waals surface area contributed by atoms with Crippen LogP contribution in [0.4, 0.5) is 15.5 Å². The lowest BCUT2D eigenvalue weighted by molar-refractivity contribution is -0.274. The molecule has 2 aromatic rings. The number of halogens is 1. The minimum absolute atomic E-state index is 0.0847. The van der Waals surface area contributed by atoms with Gasteiger partial charge in [-0.3, -0.25) is 19.1 Å². The largest absolute Gasteiger partial charge is 0.469 e. The maximum Gasteiger partial charge on any atom is 0.305 e.